The Bertz CT molecular complexity index is 779. The Kier molecular flexibility index (Phi) is 9.48. The lowest BCUT2D eigenvalue weighted by atomic mass is 10.0. The van der Waals surface area contributed by atoms with E-state index in [1.807, 2.05) is 62.4 Å². The number of benzene rings is 2. The molecule has 0 unspecified atom stereocenters. The van der Waals surface area contributed by atoms with E-state index in [1.54, 1.807) is 12.0 Å². The lowest BCUT2D eigenvalue weighted by Crippen LogP contribution is -2.44. The summed E-state index contributed by atoms with van der Waals surface area (Å²) in [4.78, 5) is 25.4. The van der Waals surface area contributed by atoms with Crippen molar-refractivity contribution >= 4 is 24.2 Å². The summed E-state index contributed by atoms with van der Waals surface area (Å²) in [5, 5.41) is 2.53. The molecular weight excluding hydrogens is 378 g/mol. The molecule has 7 heteroatoms. The first kappa shape index (κ1) is 23.5. The van der Waals surface area contributed by atoms with E-state index in [-0.39, 0.29) is 43.4 Å². The molecule has 0 aliphatic heterocycles. The predicted molar refractivity (Wildman–Crippen MR) is 113 cm³/mol. The van der Waals surface area contributed by atoms with Crippen LogP contribution in [0.15, 0.2) is 48.5 Å². The van der Waals surface area contributed by atoms with Crippen molar-refractivity contribution in [1.82, 2.24) is 10.2 Å². The molecule has 28 heavy (non-hydrogen) atoms. The summed E-state index contributed by atoms with van der Waals surface area (Å²) < 4.78 is 5.42. The lowest BCUT2D eigenvalue weighted by Gasteiger charge is -2.27. The minimum atomic E-state index is -0.340. The fourth-order valence-electron chi connectivity index (χ4n) is 2.78. The van der Waals surface area contributed by atoms with Gasteiger partial charge in [0.25, 0.3) is 0 Å². The topological polar surface area (TPSA) is 84.7 Å². The van der Waals surface area contributed by atoms with Gasteiger partial charge in [-0.15, -0.1) is 12.4 Å². The Morgan fingerprint density at radius 3 is 2.32 bits per heavy atom. The molecule has 2 aromatic rings. The normalized spacial score (nSPS) is 10.2. The highest BCUT2D eigenvalue weighted by atomic mass is 35.5. The van der Waals surface area contributed by atoms with Crippen LogP contribution in [0.25, 0.3) is 11.1 Å². The molecular formula is C21H28ClN3O3. The van der Waals surface area contributed by atoms with Gasteiger partial charge in [-0.3, -0.25) is 9.59 Å². The first-order chi connectivity index (χ1) is 13.0. The van der Waals surface area contributed by atoms with E-state index in [0.29, 0.717) is 6.54 Å². The van der Waals surface area contributed by atoms with E-state index < -0.39 is 0 Å². The molecule has 0 atom stereocenters. The predicted octanol–water partition coefficient (Wildman–Crippen LogP) is 2.60. The summed E-state index contributed by atoms with van der Waals surface area (Å²) in [6, 6.07) is 15.9. The van der Waals surface area contributed by atoms with Crippen molar-refractivity contribution in [2.24, 2.45) is 5.73 Å². The van der Waals surface area contributed by atoms with Gasteiger partial charge in [-0.1, -0.05) is 42.5 Å². The summed E-state index contributed by atoms with van der Waals surface area (Å²) in [6.07, 6.45) is 0. The third kappa shape index (κ3) is 6.25. The van der Waals surface area contributed by atoms with Crippen LogP contribution in [-0.4, -0.2) is 43.0 Å². The maximum Gasteiger partial charge on any atom is 0.242 e. The Morgan fingerprint density at radius 2 is 1.75 bits per heavy atom. The lowest BCUT2D eigenvalue weighted by molar-refractivity contribution is -0.134. The molecule has 2 rings (SSSR count). The summed E-state index contributed by atoms with van der Waals surface area (Å²) in [6.45, 7) is 4.20. The second kappa shape index (κ2) is 11.3. The monoisotopic (exact) mass is 405 g/mol. The van der Waals surface area contributed by atoms with Crippen molar-refractivity contribution < 1.29 is 14.3 Å². The van der Waals surface area contributed by atoms with Crippen LogP contribution < -0.4 is 15.8 Å². The summed E-state index contributed by atoms with van der Waals surface area (Å²) in [5.74, 6) is 0.341. The number of rotatable bonds is 8. The van der Waals surface area contributed by atoms with Gasteiger partial charge in [-0.05, 0) is 31.0 Å². The molecule has 2 aromatic carbocycles. The van der Waals surface area contributed by atoms with Gasteiger partial charge in [0.05, 0.1) is 20.2 Å². The zero-order valence-electron chi connectivity index (χ0n) is 16.5. The number of halogens is 1. The van der Waals surface area contributed by atoms with E-state index in [4.69, 9.17) is 10.5 Å². The molecule has 0 aliphatic rings. The molecule has 0 aromatic heterocycles. The fourth-order valence-corrected chi connectivity index (χ4v) is 2.78. The second-order valence-electron chi connectivity index (χ2n) is 6.49. The van der Waals surface area contributed by atoms with Gasteiger partial charge in [-0.25, -0.2) is 0 Å². The Balaban J connectivity index is 0.00000392. The van der Waals surface area contributed by atoms with Gasteiger partial charge in [0.1, 0.15) is 5.75 Å². The third-order valence-electron chi connectivity index (χ3n) is 4.29. The van der Waals surface area contributed by atoms with Gasteiger partial charge in [-0.2, -0.15) is 0 Å². The van der Waals surface area contributed by atoms with Crippen LogP contribution in [0.1, 0.15) is 19.4 Å². The number of hydrogen-bond acceptors (Lipinski definition) is 4. The van der Waals surface area contributed by atoms with Crippen LogP contribution in [0.4, 0.5) is 0 Å². The summed E-state index contributed by atoms with van der Waals surface area (Å²) >= 11 is 0. The number of nitrogens with one attached hydrogen (secondary N) is 1. The Labute approximate surface area is 172 Å². The first-order valence-corrected chi connectivity index (χ1v) is 8.94. The largest absolute Gasteiger partial charge is 0.496 e. The quantitative estimate of drug-likeness (QED) is 0.707. The van der Waals surface area contributed by atoms with Gasteiger partial charge < -0.3 is 20.7 Å². The zero-order chi connectivity index (χ0) is 19.8. The molecule has 0 radical (unpaired) electrons. The van der Waals surface area contributed by atoms with E-state index in [2.05, 4.69) is 5.32 Å². The molecule has 0 fully saturated rings. The molecule has 0 spiro atoms. The van der Waals surface area contributed by atoms with Gasteiger partial charge in [0.15, 0.2) is 0 Å². The number of methoxy groups -OCH3 is 1. The van der Waals surface area contributed by atoms with Crippen LogP contribution in [0.2, 0.25) is 0 Å². The Morgan fingerprint density at radius 1 is 1.11 bits per heavy atom. The number of nitrogens with zero attached hydrogens (tertiary/aromatic N) is 1. The van der Waals surface area contributed by atoms with Crippen LogP contribution in [0, 0.1) is 0 Å². The molecule has 0 heterocycles. The molecule has 3 N–H and O–H groups in total. The van der Waals surface area contributed by atoms with Crippen LogP contribution in [0.5, 0.6) is 5.75 Å². The number of nitrogens with two attached hydrogens (primary N) is 1. The number of carbonyl (C=O) groups excluding carboxylic acids is 2. The molecule has 0 saturated heterocycles. The smallest absolute Gasteiger partial charge is 0.242 e. The number of amides is 2. The minimum Gasteiger partial charge on any atom is -0.496 e. The SMILES string of the molecule is COc1ccccc1-c1ccc(CN(C(=O)CNC(=O)CN)C(C)C)cc1.Cl. The average Bonchev–Trinajstić information content (AvgIpc) is 2.70. The fraction of sp³-hybridized carbons (Fsp3) is 0.333. The highest BCUT2D eigenvalue weighted by molar-refractivity contribution is 5.86. The van der Waals surface area contributed by atoms with Crippen molar-refractivity contribution in [3.05, 3.63) is 54.1 Å². The number of hydrogen-bond donors (Lipinski definition) is 2. The highest BCUT2D eigenvalue weighted by Gasteiger charge is 2.18. The van der Waals surface area contributed by atoms with Crippen LogP contribution in [-0.2, 0) is 16.1 Å². The molecule has 152 valence electrons. The summed E-state index contributed by atoms with van der Waals surface area (Å²) in [7, 11) is 1.66. The maximum atomic E-state index is 12.4. The number of ether oxygens (including phenoxy) is 1. The number of carbonyl (C=O) groups is 2. The van der Waals surface area contributed by atoms with Crippen molar-refractivity contribution in [1.29, 1.82) is 0 Å². The molecule has 6 nitrogen and oxygen atoms in total. The van der Waals surface area contributed by atoms with Crippen LogP contribution in [0.3, 0.4) is 0 Å². The van der Waals surface area contributed by atoms with E-state index in [9.17, 15) is 9.59 Å². The van der Waals surface area contributed by atoms with Gasteiger partial charge in [0.2, 0.25) is 11.8 Å². The molecule has 0 saturated carbocycles. The molecule has 2 amide bonds. The van der Waals surface area contributed by atoms with Crippen molar-refractivity contribution in [2.75, 3.05) is 20.2 Å². The second-order valence-corrected chi connectivity index (χ2v) is 6.49. The van der Waals surface area contributed by atoms with Crippen molar-refractivity contribution in [3.63, 3.8) is 0 Å². The Hall–Kier alpha value is -2.57. The first-order valence-electron chi connectivity index (χ1n) is 8.94. The van der Waals surface area contributed by atoms with E-state index in [1.165, 1.54) is 0 Å². The molecule has 0 bridgehead atoms. The standard InChI is InChI=1S/C21H27N3O3.ClH/c1-15(2)24(21(26)13-23-20(25)12-22)14-16-8-10-17(11-9-16)18-6-4-5-7-19(18)27-3;/h4-11,15H,12-14,22H2,1-3H3,(H,23,25);1H. The number of para-hydroxylation sites is 1. The van der Waals surface area contributed by atoms with Gasteiger partial charge in [0, 0.05) is 18.2 Å². The van der Waals surface area contributed by atoms with E-state index in [0.717, 1.165) is 22.4 Å². The molecule has 0 aliphatic carbocycles. The van der Waals surface area contributed by atoms with E-state index >= 15 is 0 Å². The highest BCUT2D eigenvalue weighted by Crippen LogP contribution is 2.29. The average molecular weight is 406 g/mol. The van der Waals surface area contributed by atoms with Crippen LogP contribution >= 0.6 is 12.4 Å². The minimum absolute atomic E-state index is 0. The third-order valence-corrected chi connectivity index (χ3v) is 4.29. The summed E-state index contributed by atoms with van der Waals surface area (Å²) in [5.41, 5.74) is 8.34. The zero-order valence-corrected chi connectivity index (χ0v) is 17.3. The van der Waals surface area contributed by atoms with Crippen molar-refractivity contribution in [2.45, 2.75) is 26.4 Å². The van der Waals surface area contributed by atoms with Gasteiger partial charge >= 0.3 is 0 Å². The van der Waals surface area contributed by atoms with Crippen molar-refractivity contribution in [3.8, 4) is 16.9 Å². The maximum absolute atomic E-state index is 12.4.